The minimum absolute atomic E-state index is 0.0908. The van der Waals surface area contributed by atoms with Crippen molar-refractivity contribution in [2.24, 2.45) is 10.7 Å². The van der Waals surface area contributed by atoms with Gasteiger partial charge in [0.2, 0.25) is 0 Å². The third kappa shape index (κ3) is 3.59. The van der Waals surface area contributed by atoms with Crippen LogP contribution in [0.15, 0.2) is 47.6 Å². The summed E-state index contributed by atoms with van der Waals surface area (Å²) in [6.07, 6.45) is 1.27. The molecule has 1 aromatic heterocycles. The van der Waals surface area contributed by atoms with Crippen molar-refractivity contribution in [3.05, 3.63) is 59.4 Å². The molecule has 7 nitrogen and oxygen atoms in total. The fraction of sp³-hybridized carbons (Fsp3) is 0.176. The molecule has 132 valence electrons. The number of amidine groups is 1. The molecule has 2 heterocycles. The summed E-state index contributed by atoms with van der Waals surface area (Å²) in [5.41, 5.74) is 6.29. The van der Waals surface area contributed by atoms with Crippen molar-refractivity contribution < 1.29 is 18.3 Å². The van der Waals surface area contributed by atoms with Gasteiger partial charge in [0.05, 0.1) is 5.56 Å². The van der Waals surface area contributed by atoms with Crippen LogP contribution in [0.4, 0.5) is 14.5 Å². The fourth-order valence-corrected chi connectivity index (χ4v) is 2.40. The van der Waals surface area contributed by atoms with Gasteiger partial charge in [-0.15, -0.1) is 0 Å². The van der Waals surface area contributed by atoms with Crippen LogP contribution in [0.5, 0.6) is 0 Å². The predicted octanol–water partition coefficient (Wildman–Crippen LogP) is 2.23. The van der Waals surface area contributed by atoms with Gasteiger partial charge >= 0.3 is 5.92 Å². The third-order valence-corrected chi connectivity index (χ3v) is 3.65. The molecule has 26 heavy (non-hydrogen) atoms. The lowest BCUT2D eigenvalue weighted by atomic mass is 10.0. The zero-order valence-corrected chi connectivity index (χ0v) is 13.3. The highest BCUT2D eigenvalue weighted by molar-refractivity contribution is 6.02. The van der Waals surface area contributed by atoms with Gasteiger partial charge in [0.1, 0.15) is 17.8 Å². The summed E-state index contributed by atoms with van der Waals surface area (Å²) in [4.78, 5) is 19.8. The van der Waals surface area contributed by atoms with Crippen molar-refractivity contribution in [1.29, 1.82) is 5.26 Å². The van der Waals surface area contributed by atoms with E-state index in [0.717, 1.165) is 0 Å². The predicted molar refractivity (Wildman–Crippen MR) is 88.6 cm³/mol. The maximum absolute atomic E-state index is 14.0. The summed E-state index contributed by atoms with van der Waals surface area (Å²) in [5, 5.41) is 11.3. The van der Waals surface area contributed by atoms with Crippen LogP contribution in [0, 0.1) is 11.3 Å². The number of carbonyl (C=O) groups excluding carboxylic acids is 1. The second kappa shape index (κ2) is 6.76. The van der Waals surface area contributed by atoms with Crippen molar-refractivity contribution in [1.82, 2.24) is 4.98 Å². The van der Waals surface area contributed by atoms with Crippen LogP contribution >= 0.6 is 0 Å². The number of ether oxygens (including phenoxy) is 1. The summed E-state index contributed by atoms with van der Waals surface area (Å²) < 4.78 is 32.7. The van der Waals surface area contributed by atoms with Crippen LogP contribution < -0.4 is 11.1 Å². The second-order valence-corrected chi connectivity index (χ2v) is 5.54. The van der Waals surface area contributed by atoms with Gasteiger partial charge in [-0.05, 0) is 29.8 Å². The Labute approximate surface area is 147 Å². The SMILES string of the molecule is N#Cc1ccc(C(=O)Nc2cccc(C3N=C(N)OCC3(F)F)c2)nc1. The average molecular weight is 357 g/mol. The Morgan fingerprint density at radius 2 is 2.19 bits per heavy atom. The molecule has 2 aromatic rings. The highest BCUT2D eigenvalue weighted by Crippen LogP contribution is 2.38. The van der Waals surface area contributed by atoms with Crippen LogP contribution in [0.2, 0.25) is 0 Å². The second-order valence-electron chi connectivity index (χ2n) is 5.54. The van der Waals surface area contributed by atoms with Crippen LogP contribution in [0.1, 0.15) is 27.7 Å². The number of pyridine rings is 1. The van der Waals surface area contributed by atoms with Crippen molar-refractivity contribution in [3.8, 4) is 6.07 Å². The van der Waals surface area contributed by atoms with E-state index in [2.05, 4.69) is 20.0 Å². The van der Waals surface area contributed by atoms with Crippen LogP contribution in [-0.4, -0.2) is 29.4 Å². The Morgan fingerprint density at radius 1 is 1.38 bits per heavy atom. The van der Waals surface area contributed by atoms with Crippen molar-refractivity contribution in [3.63, 3.8) is 0 Å². The summed E-state index contributed by atoms with van der Waals surface area (Å²) in [7, 11) is 0. The number of carbonyl (C=O) groups is 1. The number of hydrogen-bond donors (Lipinski definition) is 2. The van der Waals surface area contributed by atoms with Gasteiger partial charge in [-0.1, -0.05) is 12.1 Å². The van der Waals surface area contributed by atoms with E-state index in [1.165, 1.54) is 36.5 Å². The normalized spacial score (nSPS) is 18.2. The fourth-order valence-electron chi connectivity index (χ4n) is 2.40. The van der Waals surface area contributed by atoms with Gasteiger partial charge < -0.3 is 15.8 Å². The maximum atomic E-state index is 14.0. The molecule has 1 aliphatic rings. The van der Waals surface area contributed by atoms with Gasteiger partial charge in [-0.3, -0.25) is 4.79 Å². The Kier molecular flexibility index (Phi) is 4.49. The summed E-state index contributed by atoms with van der Waals surface area (Å²) >= 11 is 0. The number of nitriles is 1. The zero-order chi connectivity index (χ0) is 18.7. The molecule has 1 aliphatic heterocycles. The molecule has 0 bridgehead atoms. The number of alkyl halides is 2. The number of hydrogen-bond acceptors (Lipinski definition) is 6. The number of aromatic nitrogens is 1. The first-order chi connectivity index (χ1) is 12.4. The van der Waals surface area contributed by atoms with E-state index in [4.69, 9.17) is 11.0 Å². The monoisotopic (exact) mass is 357 g/mol. The number of anilines is 1. The van der Waals surface area contributed by atoms with Gasteiger partial charge in [-0.25, -0.2) is 18.8 Å². The number of amides is 1. The lowest BCUT2D eigenvalue weighted by molar-refractivity contribution is -0.0781. The Balaban J connectivity index is 1.82. The van der Waals surface area contributed by atoms with Gasteiger partial charge in [-0.2, -0.15) is 5.26 Å². The molecular formula is C17H13F2N5O2. The van der Waals surface area contributed by atoms with E-state index in [1.54, 1.807) is 6.07 Å². The topological polar surface area (TPSA) is 113 Å². The van der Waals surface area contributed by atoms with E-state index in [-0.39, 0.29) is 17.3 Å². The molecule has 0 spiro atoms. The van der Waals surface area contributed by atoms with Crippen molar-refractivity contribution >= 4 is 17.6 Å². The van der Waals surface area contributed by atoms with Crippen molar-refractivity contribution in [2.75, 3.05) is 11.9 Å². The number of halogens is 2. The van der Waals surface area contributed by atoms with Crippen LogP contribution in [0.3, 0.4) is 0 Å². The van der Waals surface area contributed by atoms with Gasteiger partial charge in [0, 0.05) is 11.9 Å². The number of nitrogens with one attached hydrogen (secondary N) is 1. The van der Waals surface area contributed by atoms with E-state index >= 15 is 0 Å². The first-order valence-electron chi connectivity index (χ1n) is 7.50. The minimum atomic E-state index is -3.22. The number of nitrogens with zero attached hydrogens (tertiary/aromatic N) is 3. The molecule has 1 unspecified atom stereocenters. The highest BCUT2D eigenvalue weighted by atomic mass is 19.3. The Bertz CT molecular complexity index is 906. The number of rotatable bonds is 3. The molecule has 0 saturated heterocycles. The van der Waals surface area contributed by atoms with Gasteiger partial charge in [0.25, 0.3) is 11.9 Å². The molecule has 0 saturated carbocycles. The maximum Gasteiger partial charge on any atom is 0.307 e. The van der Waals surface area contributed by atoms with E-state index < -0.39 is 24.5 Å². The van der Waals surface area contributed by atoms with Crippen LogP contribution in [0.25, 0.3) is 0 Å². The minimum Gasteiger partial charge on any atom is -0.459 e. The molecule has 3 rings (SSSR count). The Morgan fingerprint density at radius 3 is 2.88 bits per heavy atom. The quantitative estimate of drug-likeness (QED) is 0.874. The van der Waals surface area contributed by atoms with Crippen LogP contribution in [-0.2, 0) is 4.74 Å². The lowest BCUT2D eigenvalue weighted by Crippen LogP contribution is -2.39. The first-order valence-corrected chi connectivity index (χ1v) is 7.50. The molecule has 1 atom stereocenters. The number of benzene rings is 1. The molecule has 0 aliphatic carbocycles. The molecular weight excluding hydrogens is 344 g/mol. The number of nitrogens with two attached hydrogens (primary N) is 1. The first kappa shape index (κ1) is 17.3. The largest absolute Gasteiger partial charge is 0.459 e. The smallest absolute Gasteiger partial charge is 0.307 e. The average Bonchev–Trinajstić information content (AvgIpc) is 2.64. The van der Waals surface area contributed by atoms with Crippen molar-refractivity contribution in [2.45, 2.75) is 12.0 Å². The molecule has 0 radical (unpaired) electrons. The highest BCUT2D eigenvalue weighted by Gasteiger charge is 2.45. The third-order valence-electron chi connectivity index (χ3n) is 3.65. The van der Waals surface area contributed by atoms with E-state index in [9.17, 15) is 13.6 Å². The molecule has 9 heteroatoms. The lowest BCUT2D eigenvalue weighted by Gasteiger charge is -2.28. The Hall–Kier alpha value is -3.54. The standard InChI is InChI=1S/C17H13F2N5O2/c18-17(19)9-26-16(21)24-14(17)11-2-1-3-12(6-11)23-15(25)13-5-4-10(7-20)8-22-13/h1-6,8,14H,9H2,(H2,21,24)(H,23,25). The summed E-state index contributed by atoms with van der Waals surface area (Å²) in [5.74, 6) is -3.76. The molecule has 0 fully saturated rings. The molecule has 1 amide bonds. The van der Waals surface area contributed by atoms with Gasteiger partial charge in [0.15, 0.2) is 6.61 Å². The summed E-state index contributed by atoms with van der Waals surface area (Å²) in [6.45, 7) is -0.862. The van der Waals surface area contributed by atoms with E-state index in [0.29, 0.717) is 11.3 Å². The number of aliphatic imine (C=N–C) groups is 1. The zero-order valence-electron chi connectivity index (χ0n) is 13.3. The molecule has 1 aromatic carbocycles. The summed E-state index contributed by atoms with van der Waals surface area (Å²) in [6, 6.07) is 8.88. The van der Waals surface area contributed by atoms with E-state index in [1.807, 2.05) is 6.07 Å². The molecule has 3 N–H and O–H groups in total.